The van der Waals surface area contributed by atoms with Crippen molar-refractivity contribution in [2.24, 2.45) is 0 Å². The molecule has 0 saturated carbocycles. The fourth-order valence-electron chi connectivity index (χ4n) is 8.68. The van der Waals surface area contributed by atoms with Crippen LogP contribution in [0.3, 0.4) is 0 Å². The highest BCUT2D eigenvalue weighted by Crippen LogP contribution is 2.63. The minimum atomic E-state index is -0.591. The summed E-state index contributed by atoms with van der Waals surface area (Å²) in [5.41, 5.74) is 14.5. The fraction of sp³-hybridized carbons (Fsp3) is 0.104. The summed E-state index contributed by atoms with van der Waals surface area (Å²) in [7, 11) is 0. The number of hydrogen-bond donors (Lipinski definition) is 0. The van der Waals surface area contributed by atoms with E-state index >= 15 is 0 Å². The summed E-state index contributed by atoms with van der Waals surface area (Å²) in [6, 6.07) is 55.8. The van der Waals surface area contributed by atoms with E-state index in [1.54, 1.807) is 0 Å². The third kappa shape index (κ3) is 4.15. The quantitative estimate of drug-likeness (QED) is 0.177. The largest absolute Gasteiger partial charge is 0.456 e. The van der Waals surface area contributed by atoms with Crippen molar-refractivity contribution in [3.8, 4) is 22.3 Å². The SMILES string of the molecule is CC(C)(C)c1ccc2c(=O)c3cc4c(cc3oc2c1)-c1ccccc1C41c2ccccc2-c2cc(N(c3ccccc3)c3ccccc3)ccc21. The number of fused-ring (bicyclic) bond motifs is 12. The van der Waals surface area contributed by atoms with Gasteiger partial charge in [0, 0.05) is 17.1 Å². The normalized spacial score (nSPS) is 15.5. The highest BCUT2D eigenvalue weighted by molar-refractivity contribution is 6.01. The van der Waals surface area contributed by atoms with E-state index in [1.165, 1.54) is 33.4 Å². The number of nitrogens with zero attached hydrogens (tertiary/aromatic N) is 1. The molecular formula is C48H35NO2. The van der Waals surface area contributed by atoms with E-state index in [-0.39, 0.29) is 10.8 Å². The highest BCUT2D eigenvalue weighted by atomic mass is 16.3. The van der Waals surface area contributed by atoms with Gasteiger partial charge in [0.15, 0.2) is 0 Å². The molecule has 0 N–H and O–H groups in total. The Morgan fingerprint density at radius 3 is 1.65 bits per heavy atom. The first kappa shape index (κ1) is 29.7. The van der Waals surface area contributed by atoms with E-state index in [1.807, 2.05) is 12.1 Å². The lowest BCUT2D eigenvalue weighted by Gasteiger charge is -2.31. The maximum atomic E-state index is 14.3. The Labute approximate surface area is 297 Å². The van der Waals surface area contributed by atoms with Crippen molar-refractivity contribution < 1.29 is 4.42 Å². The highest BCUT2D eigenvalue weighted by Gasteiger charge is 2.52. The van der Waals surface area contributed by atoms with Gasteiger partial charge in [-0.3, -0.25) is 4.79 Å². The zero-order valence-electron chi connectivity index (χ0n) is 28.8. The molecule has 0 bridgehead atoms. The van der Waals surface area contributed by atoms with Gasteiger partial charge in [-0.05, 0) is 116 Å². The molecule has 1 aromatic heterocycles. The molecule has 3 nitrogen and oxygen atoms in total. The van der Waals surface area contributed by atoms with Crippen LogP contribution in [-0.4, -0.2) is 0 Å². The molecule has 0 amide bonds. The van der Waals surface area contributed by atoms with Crippen LogP contribution >= 0.6 is 0 Å². The minimum Gasteiger partial charge on any atom is -0.456 e. The van der Waals surface area contributed by atoms with Gasteiger partial charge in [0.05, 0.1) is 16.2 Å². The summed E-state index contributed by atoms with van der Waals surface area (Å²) < 4.78 is 6.61. The summed E-state index contributed by atoms with van der Waals surface area (Å²) in [4.78, 5) is 16.7. The number of rotatable bonds is 3. The van der Waals surface area contributed by atoms with Crippen molar-refractivity contribution in [2.75, 3.05) is 4.90 Å². The second-order valence-electron chi connectivity index (χ2n) is 14.9. The van der Waals surface area contributed by atoms with Crippen molar-refractivity contribution in [1.82, 2.24) is 0 Å². The lowest BCUT2D eigenvalue weighted by atomic mass is 9.70. The third-order valence-corrected chi connectivity index (χ3v) is 11.0. The first-order chi connectivity index (χ1) is 24.8. The minimum absolute atomic E-state index is 0.00355. The van der Waals surface area contributed by atoms with Gasteiger partial charge in [0.2, 0.25) is 5.43 Å². The van der Waals surface area contributed by atoms with Gasteiger partial charge in [0.1, 0.15) is 11.2 Å². The van der Waals surface area contributed by atoms with Crippen LogP contribution < -0.4 is 10.3 Å². The zero-order valence-corrected chi connectivity index (χ0v) is 28.8. The van der Waals surface area contributed by atoms with E-state index in [0.717, 1.165) is 33.8 Å². The molecule has 8 aromatic rings. The summed E-state index contributed by atoms with van der Waals surface area (Å²) >= 11 is 0. The molecule has 2 aliphatic carbocycles. The molecular weight excluding hydrogens is 623 g/mol. The van der Waals surface area contributed by atoms with Crippen LogP contribution in [0.2, 0.25) is 0 Å². The zero-order chi connectivity index (χ0) is 34.5. The molecule has 1 unspecified atom stereocenters. The molecule has 0 fully saturated rings. The van der Waals surface area contributed by atoms with Crippen LogP contribution in [0.1, 0.15) is 48.6 Å². The molecule has 1 atom stereocenters. The van der Waals surface area contributed by atoms with Gasteiger partial charge in [-0.15, -0.1) is 0 Å². The first-order valence-corrected chi connectivity index (χ1v) is 17.6. The topological polar surface area (TPSA) is 33.5 Å². The van der Waals surface area contributed by atoms with Gasteiger partial charge < -0.3 is 9.32 Å². The van der Waals surface area contributed by atoms with E-state index in [4.69, 9.17) is 4.42 Å². The Bertz CT molecular complexity index is 2720. The lowest BCUT2D eigenvalue weighted by molar-refractivity contribution is 0.587. The molecule has 1 spiro atoms. The molecule has 2 aliphatic rings. The van der Waals surface area contributed by atoms with Crippen molar-refractivity contribution in [3.63, 3.8) is 0 Å². The molecule has 3 heteroatoms. The van der Waals surface area contributed by atoms with Gasteiger partial charge in [-0.1, -0.05) is 118 Å². The molecule has 244 valence electrons. The summed E-state index contributed by atoms with van der Waals surface area (Å²) in [6.07, 6.45) is 0. The predicted octanol–water partition coefficient (Wildman–Crippen LogP) is 12.1. The van der Waals surface area contributed by atoms with Crippen molar-refractivity contribution in [2.45, 2.75) is 31.6 Å². The molecule has 1 heterocycles. The van der Waals surface area contributed by atoms with Crippen LogP contribution in [0.5, 0.6) is 0 Å². The standard InChI is InChI=1S/C48H35NO2/c1-47(2,3)30-22-24-36-44(26-30)51-45-29-38-35-19-11-13-21-41(35)48(43(38)28-39(45)46(36)50)40-20-12-10-18-34(40)37-27-33(23-25-42(37)48)49(31-14-6-4-7-15-31)32-16-8-5-9-17-32/h4-29H,1-3H3. The number of benzene rings is 7. The maximum Gasteiger partial charge on any atom is 0.200 e. The average molecular weight is 658 g/mol. The van der Waals surface area contributed by atoms with Crippen LogP contribution in [0.25, 0.3) is 44.2 Å². The maximum absolute atomic E-state index is 14.3. The smallest absolute Gasteiger partial charge is 0.200 e. The van der Waals surface area contributed by atoms with E-state index in [0.29, 0.717) is 21.9 Å². The van der Waals surface area contributed by atoms with Gasteiger partial charge in [-0.25, -0.2) is 0 Å². The molecule has 0 saturated heterocycles. The van der Waals surface area contributed by atoms with Crippen molar-refractivity contribution in [1.29, 1.82) is 0 Å². The fourth-order valence-corrected chi connectivity index (χ4v) is 8.68. The second-order valence-corrected chi connectivity index (χ2v) is 14.9. The van der Waals surface area contributed by atoms with Crippen LogP contribution in [0.4, 0.5) is 17.1 Å². The molecule has 7 aromatic carbocycles. The third-order valence-electron chi connectivity index (χ3n) is 11.0. The van der Waals surface area contributed by atoms with Gasteiger partial charge >= 0.3 is 0 Å². The monoisotopic (exact) mass is 657 g/mol. The van der Waals surface area contributed by atoms with E-state index in [2.05, 4.69) is 171 Å². The average Bonchev–Trinajstić information content (AvgIpc) is 3.61. The number of anilines is 3. The summed E-state index contributed by atoms with van der Waals surface area (Å²) in [5, 5.41) is 1.22. The van der Waals surface area contributed by atoms with Crippen LogP contribution in [0, 0.1) is 0 Å². The Morgan fingerprint density at radius 1 is 0.471 bits per heavy atom. The Morgan fingerprint density at radius 2 is 1.02 bits per heavy atom. The van der Waals surface area contributed by atoms with Crippen LogP contribution in [-0.2, 0) is 10.8 Å². The second kappa shape index (κ2) is 10.7. The Hall–Kier alpha value is -6.19. The molecule has 0 aliphatic heterocycles. The summed E-state index contributed by atoms with van der Waals surface area (Å²) in [6.45, 7) is 6.53. The van der Waals surface area contributed by atoms with Crippen LogP contribution in [0.15, 0.2) is 167 Å². The lowest BCUT2D eigenvalue weighted by Crippen LogP contribution is -2.26. The van der Waals surface area contributed by atoms with Gasteiger partial charge in [-0.2, -0.15) is 0 Å². The van der Waals surface area contributed by atoms with E-state index < -0.39 is 5.41 Å². The van der Waals surface area contributed by atoms with Crippen molar-refractivity contribution >= 4 is 39.0 Å². The summed E-state index contributed by atoms with van der Waals surface area (Å²) in [5.74, 6) is 0. The van der Waals surface area contributed by atoms with Crippen molar-refractivity contribution in [3.05, 3.63) is 196 Å². The molecule has 51 heavy (non-hydrogen) atoms. The molecule has 10 rings (SSSR count). The Kier molecular flexibility index (Phi) is 6.21. The first-order valence-electron chi connectivity index (χ1n) is 17.6. The molecule has 0 radical (unpaired) electrons. The predicted molar refractivity (Wildman–Crippen MR) is 210 cm³/mol. The number of hydrogen-bond acceptors (Lipinski definition) is 3. The van der Waals surface area contributed by atoms with E-state index in [9.17, 15) is 4.79 Å². The number of para-hydroxylation sites is 2. The van der Waals surface area contributed by atoms with Gasteiger partial charge in [0.25, 0.3) is 0 Å². The Balaban J connectivity index is 1.25.